The average Bonchev–Trinajstić information content (AvgIpc) is 2.34. The highest BCUT2D eigenvalue weighted by Crippen LogP contribution is 2.39. The molecule has 0 aliphatic heterocycles. The highest BCUT2D eigenvalue weighted by molar-refractivity contribution is 4.97. The van der Waals surface area contributed by atoms with Gasteiger partial charge in [0.15, 0.2) is 0 Å². The maximum absolute atomic E-state index is 6.21. The first-order valence-corrected chi connectivity index (χ1v) is 7.92. The fraction of sp³-hybridized carbons (Fsp3) is 1.00. The summed E-state index contributed by atoms with van der Waals surface area (Å²) in [5.74, 6) is 2.42. The first-order valence-electron chi connectivity index (χ1n) is 7.92. The zero-order chi connectivity index (χ0) is 13.8. The molecular formula is C16H34N2. The van der Waals surface area contributed by atoms with E-state index < -0.39 is 0 Å². The van der Waals surface area contributed by atoms with Crippen LogP contribution in [0.15, 0.2) is 0 Å². The van der Waals surface area contributed by atoms with E-state index in [-0.39, 0.29) is 5.54 Å². The van der Waals surface area contributed by atoms with Crippen LogP contribution >= 0.6 is 0 Å². The number of nitrogens with two attached hydrogens (primary N) is 1. The summed E-state index contributed by atoms with van der Waals surface area (Å²) in [4.78, 5) is 2.69. The molecule has 0 aromatic rings. The fourth-order valence-electron chi connectivity index (χ4n) is 3.95. The second kappa shape index (κ2) is 6.91. The van der Waals surface area contributed by atoms with Crippen LogP contribution in [0, 0.1) is 17.8 Å². The predicted octanol–water partition coefficient (Wildman–Crippen LogP) is 3.51. The SMILES string of the molecule is CCC(C)CN(CC)C1(CN)CC(C)CC(C)C1. The highest BCUT2D eigenvalue weighted by Gasteiger charge is 2.41. The highest BCUT2D eigenvalue weighted by atomic mass is 15.2. The van der Waals surface area contributed by atoms with Gasteiger partial charge in [-0.15, -0.1) is 0 Å². The summed E-state index contributed by atoms with van der Waals surface area (Å²) >= 11 is 0. The van der Waals surface area contributed by atoms with Crippen molar-refractivity contribution in [2.75, 3.05) is 19.6 Å². The lowest BCUT2D eigenvalue weighted by Crippen LogP contribution is -2.58. The Hall–Kier alpha value is -0.0800. The third-order valence-corrected chi connectivity index (χ3v) is 4.92. The number of likely N-dealkylation sites (N-methyl/N-ethyl adjacent to an activating group) is 1. The molecule has 1 aliphatic rings. The van der Waals surface area contributed by atoms with Gasteiger partial charge >= 0.3 is 0 Å². The minimum atomic E-state index is 0.273. The Morgan fingerprint density at radius 3 is 2.17 bits per heavy atom. The number of hydrogen-bond acceptors (Lipinski definition) is 2. The Morgan fingerprint density at radius 1 is 1.22 bits per heavy atom. The van der Waals surface area contributed by atoms with E-state index >= 15 is 0 Å². The Morgan fingerprint density at radius 2 is 1.78 bits per heavy atom. The summed E-state index contributed by atoms with van der Waals surface area (Å²) in [5, 5.41) is 0. The molecule has 0 heterocycles. The topological polar surface area (TPSA) is 29.3 Å². The van der Waals surface area contributed by atoms with E-state index in [2.05, 4.69) is 39.5 Å². The van der Waals surface area contributed by atoms with Crippen LogP contribution in [-0.4, -0.2) is 30.1 Å². The predicted molar refractivity (Wildman–Crippen MR) is 80.7 cm³/mol. The van der Waals surface area contributed by atoms with Gasteiger partial charge in [-0.25, -0.2) is 0 Å². The summed E-state index contributed by atoms with van der Waals surface area (Å²) in [6.07, 6.45) is 5.22. The molecule has 1 rings (SSSR count). The molecule has 2 heteroatoms. The molecule has 18 heavy (non-hydrogen) atoms. The monoisotopic (exact) mass is 254 g/mol. The van der Waals surface area contributed by atoms with E-state index in [4.69, 9.17) is 5.73 Å². The Balaban J connectivity index is 2.82. The molecular weight excluding hydrogens is 220 g/mol. The molecule has 2 nitrogen and oxygen atoms in total. The lowest BCUT2D eigenvalue weighted by atomic mass is 9.70. The van der Waals surface area contributed by atoms with Crippen LogP contribution in [0.5, 0.6) is 0 Å². The molecule has 0 aromatic carbocycles. The lowest BCUT2D eigenvalue weighted by Gasteiger charge is -2.50. The molecule has 0 amide bonds. The summed E-state index contributed by atoms with van der Waals surface area (Å²) in [6.45, 7) is 14.9. The van der Waals surface area contributed by atoms with Gasteiger partial charge in [-0.3, -0.25) is 4.90 Å². The molecule has 0 radical (unpaired) electrons. The zero-order valence-corrected chi connectivity index (χ0v) is 13.2. The minimum Gasteiger partial charge on any atom is -0.329 e. The number of hydrogen-bond donors (Lipinski definition) is 1. The van der Waals surface area contributed by atoms with Crippen LogP contribution in [0.4, 0.5) is 0 Å². The van der Waals surface area contributed by atoms with Gasteiger partial charge in [-0.1, -0.05) is 41.0 Å². The quantitative estimate of drug-likeness (QED) is 0.786. The molecule has 1 aliphatic carbocycles. The third kappa shape index (κ3) is 3.71. The Labute approximate surface area is 114 Å². The van der Waals surface area contributed by atoms with Gasteiger partial charge in [0.05, 0.1) is 0 Å². The molecule has 3 atom stereocenters. The maximum atomic E-state index is 6.21. The van der Waals surface area contributed by atoms with Crippen molar-refractivity contribution in [1.29, 1.82) is 0 Å². The summed E-state index contributed by atoms with van der Waals surface area (Å²) < 4.78 is 0. The van der Waals surface area contributed by atoms with Crippen molar-refractivity contribution in [2.45, 2.75) is 65.8 Å². The average molecular weight is 254 g/mol. The molecule has 3 unspecified atom stereocenters. The standard InChI is InChI=1S/C16H34N2/c1-6-13(3)11-18(7-2)16(12-17)9-14(4)8-15(5)10-16/h13-15H,6-12,17H2,1-5H3. The molecule has 0 saturated heterocycles. The lowest BCUT2D eigenvalue weighted by molar-refractivity contribution is 0.0135. The van der Waals surface area contributed by atoms with Crippen LogP contribution in [-0.2, 0) is 0 Å². The van der Waals surface area contributed by atoms with Crippen LogP contribution in [0.2, 0.25) is 0 Å². The van der Waals surface area contributed by atoms with E-state index in [1.807, 2.05) is 0 Å². The molecule has 0 aromatic heterocycles. The van der Waals surface area contributed by atoms with Crippen molar-refractivity contribution in [2.24, 2.45) is 23.5 Å². The van der Waals surface area contributed by atoms with E-state index in [1.165, 1.54) is 32.2 Å². The van der Waals surface area contributed by atoms with Gasteiger partial charge in [0.1, 0.15) is 0 Å². The Kier molecular flexibility index (Phi) is 6.13. The number of rotatable bonds is 6. The van der Waals surface area contributed by atoms with Crippen LogP contribution in [0.25, 0.3) is 0 Å². The van der Waals surface area contributed by atoms with Gasteiger partial charge in [0, 0.05) is 18.6 Å². The van der Waals surface area contributed by atoms with Crippen molar-refractivity contribution in [1.82, 2.24) is 4.90 Å². The van der Waals surface area contributed by atoms with Gasteiger partial charge in [-0.2, -0.15) is 0 Å². The molecule has 0 spiro atoms. The largest absolute Gasteiger partial charge is 0.329 e. The van der Waals surface area contributed by atoms with E-state index in [0.717, 1.165) is 30.8 Å². The van der Waals surface area contributed by atoms with Gasteiger partial charge in [0.2, 0.25) is 0 Å². The molecule has 1 saturated carbocycles. The molecule has 108 valence electrons. The molecule has 2 N–H and O–H groups in total. The Bertz CT molecular complexity index is 229. The van der Waals surface area contributed by atoms with Crippen molar-refractivity contribution in [3.05, 3.63) is 0 Å². The maximum Gasteiger partial charge on any atom is 0.0336 e. The normalized spacial score (nSPS) is 34.8. The van der Waals surface area contributed by atoms with Gasteiger partial charge < -0.3 is 5.73 Å². The minimum absolute atomic E-state index is 0.273. The van der Waals surface area contributed by atoms with E-state index in [1.54, 1.807) is 0 Å². The van der Waals surface area contributed by atoms with Gasteiger partial charge in [-0.05, 0) is 43.6 Å². The van der Waals surface area contributed by atoms with Crippen molar-refractivity contribution >= 4 is 0 Å². The van der Waals surface area contributed by atoms with Crippen LogP contribution < -0.4 is 5.73 Å². The summed E-state index contributed by atoms with van der Waals surface area (Å²) in [7, 11) is 0. The second-order valence-electron chi connectivity index (χ2n) is 6.83. The fourth-order valence-corrected chi connectivity index (χ4v) is 3.95. The van der Waals surface area contributed by atoms with Crippen molar-refractivity contribution < 1.29 is 0 Å². The summed E-state index contributed by atoms with van der Waals surface area (Å²) in [6, 6.07) is 0. The van der Waals surface area contributed by atoms with Crippen molar-refractivity contribution in [3.8, 4) is 0 Å². The summed E-state index contributed by atoms with van der Waals surface area (Å²) in [5.41, 5.74) is 6.49. The third-order valence-electron chi connectivity index (χ3n) is 4.92. The van der Waals surface area contributed by atoms with E-state index in [9.17, 15) is 0 Å². The van der Waals surface area contributed by atoms with E-state index in [0.29, 0.717) is 0 Å². The molecule has 1 fully saturated rings. The smallest absolute Gasteiger partial charge is 0.0336 e. The first kappa shape index (κ1) is 16.0. The van der Waals surface area contributed by atoms with Crippen LogP contribution in [0.3, 0.4) is 0 Å². The number of nitrogens with zero attached hydrogens (tertiary/aromatic N) is 1. The second-order valence-corrected chi connectivity index (χ2v) is 6.83. The van der Waals surface area contributed by atoms with Gasteiger partial charge in [0.25, 0.3) is 0 Å². The first-order chi connectivity index (χ1) is 8.47. The zero-order valence-electron chi connectivity index (χ0n) is 13.2. The molecule has 0 bridgehead atoms. The van der Waals surface area contributed by atoms with Crippen LogP contribution in [0.1, 0.15) is 60.3 Å². The van der Waals surface area contributed by atoms with Crippen molar-refractivity contribution in [3.63, 3.8) is 0 Å².